The third-order valence-electron chi connectivity index (χ3n) is 3.23. The number of hydrogen-bond acceptors (Lipinski definition) is 7. The lowest BCUT2D eigenvalue weighted by Crippen LogP contribution is -2.49. The maximum Gasteiger partial charge on any atom is 0.469 e. The molecule has 0 atom stereocenters. The van der Waals surface area contributed by atoms with Gasteiger partial charge in [-0.1, -0.05) is 24.3 Å². The summed E-state index contributed by atoms with van der Waals surface area (Å²) in [5.74, 6) is -0.555. The maximum absolute atomic E-state index is 12.7. The quantitative estimate of drug-likeness (QED) is 0.296. The van der Waals surface area contributed by atoms with Crippen molar-refractivity contribution in [3.63, 3.8) is 0 Å². The van der Waals surface area contributed by atoms with Crippen LogP contribution in [-0.4, -0.2) is 44.0 Å². The number of amides is 2. The summed E-state index contributed by atoms with van der Waals surface area (Å²) in [7, 11) is -4.64. The number of rotatable bonds is 5. The SMILES string of the molecule is CC(C)(C)OC(=O)NC(=N)N(Cc1cccc(COP(=O)(O)O)c1)C(=O)OC(C)(C)C. The molecule has 0 heterocycles. The Balaban J connectivity index is 3.04. The van der Waals surface area contributed by atoms with Crippen LogP contribution in [0, 0.1) is 5.41 Å². The highest BCUT2D eigenvalue weighted by Gasteiger charge is 2.28. The summed E-state index contributed by atoms with van der Waals surface area (Å²) in [6, 6.07) is 6.38. The van der Waals surface area contributed by atoms with E-state index in [1.54, 1.807) is 65.8 Å². The van der Waals surface area contributed by atoms with Gasteiger partial charge in [-0.3, -0.25) is 15.2 Å². The Hall–Kier alpha value is -2.46. The standard InChI is InChI=1S/C19H30N3O8P/c1-18(2,3)29-16(23)21-15(20)22(17(24)30-19(4,5)6)11-13-8-7-9-14(10-13)12-28-31(25,26)27/h7-10H,11-12H2,1-6H3,(H2,20,21,23)(H2,25,26,27). The molecule has 1 aromatic rings. The predicted molar refractivity (Wildman–Crippen MR) is 112 cm³/mol. The molecule has 4 N–H and O–H groups in total. The molecule has 0 unspecified atom stereocenters. The smallest absolute Gasteiger partial charge is 0.444 e. The fourth-order valence-corrected chi connectivity index (χ4v) is 2.50. The monoisotopic (exact) mass is 459 g/mol. The number of ether oxygens (including phenoxy) is 2. The van der Waals surface area contributed by atoms with E-state index in [1.165, 1.54) is 0 Å². The van der Waals surface area contributed by atoms with Gasteiger partial charge < -0.3 is 19.3 Å². The van der Waals surface area contributed by atoms with Gasteiger partial charge in [0.1, 0.15) is 11.2 Å². The molecule has 12 heteroatoms. The number of carbonyl (C=O) groups is 2. The first kappa shape index (κ1) is 26.6. The largest absolute Gasteiger partial charge is 0.469 e. The third-order valence-corrected chi connectivity index (χ3v) is 3.70. The average molecular weight is 459 g/mol. The molecule has 0 radical (unpaired) electrons. The second-order valence-electron chi connectivity index (χ2n) is 8.63. The number of carbonyl (C=O) groups excluding carboxylic acids is 2. The van der Waals surface area contributed by atoms with Crippen molar-refractivity contribution in [1.29, 1.82) is 5.41 Å². The first-order chi connectivity index (χ1) is 14.0. The van der Waals surface area contributed by atoms with E-state index in [4.69, 9.17) is 24.7 Å². The van der Waals surface area contributed by atoms with Crippen molar-refractivity contribution in [2.75, 3.05) is 0 Å². The molecule has 1 aromatic carbocycles. The molecule has 2 amide bonds. The Kier molecular flexibility index (Phi) is 8.77. The number of phosphoric ester groups is 1. The number of nitrogens with one attached hydrogen (secondary N) is 2. The highest BCUT2D eigenvalue weighted by Crippen LogP contribution is 2.36. The highest BCUT2D eigenvalue weighted by atomic mass is 31.2. The van der Waals surface area contributed by atoms with Crippen LogP contribution in [0.4, 0.5) is 9.59 Å². The molecule has 0 fully saturated rings. The van der Waals surface area contributed by atoms with Gasteiger partial charge in [-0.05, 0) is 52.7 Å². The van der Waals surface area contributed by atoms with Crippen LogP contribution in [0.1, 0.15) is 52.7 Å². The van der Waals surface area contributed by atoms with Crippen molar-refractivity contribution in [2.24, 2.45) is 0 Å². The van der Waals surface area contributed by atoms with Gasteiger partial charge in [-0.2, -0.15) is 0 Å². The van der Waals surface area contributed by atoms with Crippen LogP contribution in [0.15, 0.2) is 24.3 Å². The predicted octanol–water partition coefficient (Wildman–Crippen LogP) is 3.49. The van der Waals surface area contributed by atoms with Crippen molar-refractivity contribution in [3.05, 3.63) is 35.4 Å². The number of hydrogen-bond donors (Lipinski definition) is 4. The lowest BCUT2D eigenvalue weighted by atomic mass is 10.1. The van der Waals surface area contributed by atoms with Crippen LogP contribution >= 0.6 is 7.82 Å². The van der Waals surface area contributed by atoms with Crippen molar-refractivity contribution < 1.29 is 37.9 Å². The zero-order valence-electron chi connectivity index (χ0n) is 18.5. The zero-order valence-corrected chi connectivity index (χ0v) is 19.4. The highest BCUT2D eigenvalue weighted by molar-refractivity contribution is 7.46. The maximum atomic E-state index is 12.7. The summed E-state index contributed by atoms with van der Waals surface area (Å²) in [5, 5.41) is 10.4. The van der Waals surface area contributed by atoms with Crippen LogP contribution in [0.25, 0.3) is 0 Å². The molecule has 0 aliphatic heterocycles. The molecule has 174 valence electrons. The minimum Gasteiger partial charge on any atom is -0.444 e. The van der Waals surface area contributed by atoms with E-state index in [2.05, 4.69) is 9.84 Å². The van der Waals surface area contributed by atoms with E-state index in [-0.39, 0.29) is 13.2 Å². The summed E-state index contributed by atoms with van der Waals surface area (Å²) >= 11 is 0. The van der Waals surface area contributed by atoms with Crippen molar-refractivity contribution in [1.82, 2.24) is 10.2 Å². The molecule has 0 saturated carbocycles. The van der Waals surface area contributed by atoms with Gasteiger partial charge in [0, 0.05) is 0 Å². The van der Waals surface area contributed by atoms with E-state index in [0.717, 1.165) is 4.90 Å². The Morgan fingerprint density at radius 1 is 1.06 bits per heavy atom. The molecule has 31 heavy (non-hydrogen) atoms. The topological polar surface area (TPSA) is 158 Å². The summed E-state index contributed by atoms with van der Waals surface area (Å²) < 4.78 is 25.8. The molecule has 0 bridgehead atoms. The first-order valence-corrected chi connectivity index (χ1v) is 10.9. The Morgan fingerprint density at radius 3 is 2.13 bits per heavy atom. The second kappa shape index (κ2) is 10.2. The summed E-state index contributed by atoms with van der Waals surface area (Å²) in [4.78, 5) is 43.3. The van der Waals surface area contributed by atoms with Crippen molar-refractivity contribution in [2.45, 2.75) is 65.9 Å². The summed E-state index contributed by atoms with van der Waals surface area (Å²) in [6.45, 7) is 9.45. The molecule has 1 rings (SSSR count). The molecular formula is C19H30N3O8P. The van der Waals surface area contributed by atoms with Crippen LogP contribution in [-0.2, 0) is 31.7 Å². The summed E-state index contributed by atoms with van der Waals surface area (Å²) in [6.07, 6.45) is -1.78. The van der Waals surface area contributed by atoms with Crippen LogP contribution < -0.4 is 5.32 Å². The average Bonchev–Trinajstić information content (AvgIpc) is 2.54. The lowest BCUT2D eigenvalue weighted by molar-refractivity contribution is 0.0346. The van der Waals surface area contributed by atoms with Gasteiger partial charge in [0.25, 0.3) is 0 Å². The van der Waals surface area contributed by atoms with Gasteiger partial charge in [0.2, 0.25) is 5.96 Å². The van der Waals surface area contributed by atoms with Crippen LogP contribution in [0.3, 0.4) is 0 Å². The van der Waals surface area contributed by atoms with Gasteiger partial charge in [-0.15, -0.1) is 0 Å². The zero-order chi connectivity index (χ0) is 24.0. The molecule has 0 spiro atoms. The van der Waals surface area contributed by atoms with E-state index in [0.29, 0.717) is 11.1 Å². The van der Waals surface area contributed by atoms with Crippen molar-refractivity contribution in [3.8, 4) is 0 Å². The molecule has 0 saturated heterocycles. The number of alkyl carbamates (subject to hydrolysis) is 1. The number of guanidine groups is 1. The number of benzene rings is 1. The number of nitrogens with zero attached hydrogens (tertiary/aromatic N) is 1. The van der Waals surface area contributed by atoms with Crippen molar-refractivity contribution >= 4 is 26.0 Å². The lowest BCUT2D eigenvalue weighted by Gasteiger charge is -2.28. The molecule has 0 aliphatic carbocycles. The van der Waals surface area contributed by atoms with Crippen LogP contribution in [0.5, 0.6) is 0 Å². The van der Waals surface area contributed by atoms with Gasteiger partial charge in [-0.25, -0.2) is 19.1 Å². The Bertz CT molecular complexity index is 854. The Labute approximate surface area is 181 Å². The second-order valence-corrected chi connectivity index (χ2v) is 9.87. The van der Waals surface area contributed by atoms with Gasteiger partial charge >= 0.3 is 20.0 Å². The molecular weight excluding hydrogens is 429 g/mol. The molecule has 11 nitrogen and oxygen atoms in total. The van der Waals surface area contributed by atoms with E-state index in [1.807, 2.05) is 0 Å². The molecule has 0 aromatic heterocycles. The first-order valence-electron chi connectivity index (χ1n) is 9.32. The van der Waals surface area contributed by atoms with E-state index >= 15 is 0 Å². The van der Waals surface area contributed by atoms with E-state index in [9.17, 15) is 14.2 Å². The van der Waals surface area contributed by atoms with Gasteiger partial charge in [0.15, 0.2) is 0 Å². The molecule has 0 aliphatic rings. The fraction of sp³-hybridized carbons (Fsp3) is 0.526. The third kappa shape index (κ3) is 11.5. The fourth-order valence-electron chi connectivity index (χ4n) is 2.18. The normalized spacial score (nSPS) is 12.1. The van der Waals surface area contributed by atoms with Crippen LogP contribution in [0.2, 0.25) is 0 Å². The minimum atomic E-state index is -4.64. The van der Waals surface area contributed by atoms with Gasteiger partial charge in [0.05, 0.1) is 13.2 Å². The Morgan fingerprint density at radius 2 is 1.61 bits per heavy atom. The van der Waals surface area contributed by atoms with E-state index < -0.39 is 37.2 Å². The summed E-state index contributed by atoms with van der Waals surface area (Å²) in [5.41, 5.74) is -0.695. The number of phosphoric acid groups is 1. The minimum absolute atomic E-state index is 0.159.